The monoisotopic (exact) mass is 618 g/mol. The van der Waals surface area contributed by atoms with Gasteiger partial charge < -0.3 is 8.83 Å². The summed E-state index contributed by atoms with van der Waals surface area (Å²) in [4.78, 5) is 18.5. The van der Waals surface area contributed by atoms with E-state index in [1.165, 1.54) is 11.1 Å². The molecule has 0 radical (unpaired) electrons. The average Bonchev–Trinajstić information content (AvgIpc) is 3.91. The molecule has 0 aliphatic heterocycles. The maximum Gasteiger partial charge on any atom is 0.227 e. The van der Waals surface area contributed by atoms with Crippen molar-refractivity contribution in [3.05, 3.63) is 159 Å². The normalized spacial score (nSPS) is 11.3. The average molecular weight is 619 g/mol. The fourth-order valence-corrected chi connectivity index (χ4v) is 6.46. The Hall–Kier alpha value is -6.66. The zero-order valence-electron chi connectivity index (χ0n) is 25.6. The number of rotatable bonds is 6. The van der Waals surface area contributed by atoms with Gasteiger partial charge in [-0.1, -0.05) is 91.0 Å². The number of oxazole rings is 2. The molecule has 0 aliphatic rings. The molecular formula is C42H26N4O2. The van der Waals surface area contributed by atoms with Gasteiger partial charge in [-0.3, -0.25) is 9.97 Å². The molecule has 6 nitrogen and oxygen atoms in total. The van der Waals surface area contributed by atoms with Crippen LogP contribution in [-0.2, 0) is 0 Å². The lowest BCUT2D eigenvalue weighted by Crippen LogP contribution is -1.95. The maximum absolute atomic E-state index is 5.54. The van der Waals surface area contributed by atoms with Crippen molar-refractivity contribution < 1.29 is 8.83 Å². The van der Waals surface area contributed by atoms with Crippen LogP contribution in [0, 0.1) is 0 Å². The van der Waals surface area contributed by atoms with Gasteiger partial charge >= 0.3 is 0 Å². The Morgan fingerprint density at radius 3 is 1.33 bits per heavy atom. The summed E-state index contributed by atoms with van der Waals surface area (Å²) < 4.78 is 11.1. The maximum atomic E-state index is 5.54. The first-order valence-corrected chi connectivity index (χ1v) is 15.7. The van der Waals surface area contributed by atoms with E-state index in [0.29, 0.717) is 11.8 Å². The van der Waals surface area contributed by atoms with E-state index in [1.807, 2.05) is 42.7 Å². The van der Waals surface area contributed by atoms with Gasteiger partial charge in [0, 0.05) is 23.5 Å². The number of fused-ring (bicyclic) bond motifs is 2. The lowest BCUT2D eigenvalue weighted by atomic mass is 9.87. The molecule has 0 N–H and O–H groups in total. The third-order valence-electron chi connectivity index (χ3n) is 8.75. The van der Waals surface area contributed by atoms with Crippen molar-refractivity contribution in [2.45, 2.75) is 0 Å². The molecular weight excluding hydrogens is 592 g/mol. The Kier molecular flexibility index (Phi) is 6.68. The number of aromatic nitrogens is 4. The van der Waals surface area contributed by atoms with Gasteiger partial charge in [0.25, 0.3) is 0 Å². The molecule has 4 heterocycles. The van der Waals surface area contributed by atoms with Gasteiger partial charge in [0.1, 0.15) is 12.5 Å². The van der Waals surface area contributed by atoms with Crippen LogP contribution in [-0.4, -0.2) is 19.9 Å². The zero-order valence-corrected chi connectivity index (χ0v) is 25.6. The van der Waals surface area contributed by atoms with Crippen LogP contribution in [0.25, 0.3) is 89.2 Å². The molecule has 0 atom stereocenters. The van der Waals surface area contributed by atoms with Gasteiger partial charge in [0.05, 0.1) is 34.9 Å². The molecule has 226 valence electrons. The van der Waals surface area contributed by atoms with Crippen molar-refractivity contribution >= 4 is 21.5 Å². The van der Waals surface area contributed by atoms with E-state index in [9.17, 15) is 0 Å². The molecule has 9 rings (SSSR count). The number of benzene rings is 5. The molecule has 9 aromatic rings. The van der Waals surface area contributed by atoms with E-state index in [1.54, 1.807) is 24.9 Å². The molecule has 0 bridgehead atoms. The standard InChI is InChI=1S/C42H26N4O2/c1-2-6-27(7-3-1)28-10-12-29(13-11-28)30-14-17-35-36(24-30)40(38-19-16-32(26-46-38)42-44-21-23-48-42)34-9-5-4-8-33(34)39(35)37-18-15-31(25-45-37)41-43-20-22-47-41/h1-26H. The van der Waals surface area contributed by atoms with E-state index in [2.05, 4.69) is 101 Å². The summed E-state index contributed by atoms with van der Waals surface area (Å²) in [6.07, 6.45) is 10.1. The van der Waals surface area contributed by atoms with Gasteiger partial charge in [-0.15, -0.1) is 0 Å². The molecule has 6 heteroatoms. The second-order valence-corrected chi connectivity index (χ2v) is 11.5. The quantitative estimate of drug-likeness (QED) is 0.173. The summed E-state index contributed by atoms with van der Waals surface area (Å²) >= 11 is 0. The third-order valence-corrected chi connectivity index (χ3v) is 8.75. The lowest BCUT2D eigenvalue weighted by Gasteiger charge is -2.18. The van der Waals surface area contributed by atoms with E-state index in [-0.39, 0.29) is 0 Å². The second kappa shape index (κ2) is 11.6. The molecule has 0 fully saturated rings. The summed E-state index contributed by atoms with van der Waals surface area (Å²) in [5.41, 5.74) is 10.1. The SMILES string of the molecule is c1ccc(-c2ccc(-c3ccc4c(-c5ccc(-c6ncco6)cn5)c5ccccc5c(-c5ccc(-c6ncco6)cn5)c4c3)cc2)cc1. The fourth-order valence-electron chi connectivity index (χ4n) is 6.46. The Morgan fingerprint density at radius 1 is 0.354 bits per heavy atom. The van der Waals surface area contributed by atoms with Crippen molar-refractivity contribution in [3.63, 3.8) is 0 Å². The Balaban J connectivity index is 1.26. The first-order valence-electron chi connectivity index (χ1n) is 15.7. The smallest absolute Gasteiger partial charge is 0.227 e. The number of hydrogen-bond donors (Lipinski definition) is 0. The van der Waals surface area contributed by atoms with Crippen LogP contribution in [0.3, 0.4) is 0 Å². The molecule has 0 spiro atoms. The van der Waals surface area contributed by atoms with E-state index >= 15 is 0 Å². The van der Waals surface area contributed by atoms with Crippen molar-refractivity contribution in [2.24, 2.45) is 0 Å². The summed E-state index contributed by atoms with van der Waals surface area (Å²) in [7, 11) is 0. The summed E-state index contributed by atoms with van der Waals surface area (Å²) in [6, 6.07) is 42.5. The minimum atomic E-state index is 0.541. The highest BCUT2D eigenvalue weighted by Crippen LogP contribution is 2.44. The topological polar surface area (TPSA) is 77.8 Å². The molecule has 0 amide bonds. The minimum Gasteiger partial charge on any atom is -0.444 e. The van der Waals surface area contributed by atoms with Crippen LogP contribution >= 0.6 is 0 Å². The van der Waals surface area contributed by atoms with Gasteiger partial charge in [-0.05, 0) is 74.1 Å². The molecule has 0 unspecified atom stereocenters. The van der Waals surface area contributed by atoms with Crippen LogP contribution in [0.15, 0.2) is 167 Å². The van der Waals surface area contributed by atoms with Gasteiger partial charge in [0.2, 0.25) is 11.8 Å². The van der Waals surface area contributed by atoms with Crippen LogP contribution in [0.5, 0.6) is 0 Å². The summed E-state index contributed by atoms with van der Waals surface area (Å²) in [5, 5.41) is 4.35. The molecule has 0 saturated heterocycles. The number of hydrogen-bond acceptors (Lipinski definition) is 6. The molecule has 4 aromatic heterocycles. The number of nitrogens with zero attached hydrogens (tertiary/aromatic N) is 4. The lowest BCUT2D eigenvalue weighted by molar-refractivity contribution is 0.574. The highest BCUT2D eigenvalue weighted by atomic mass is 16.3. The van der Waals surface area contributed by atoms with Crippen LogP contribution in [0.1, 0.15) is 0 Å². The first-order chi connectivity index (χ1) is 23.8. The predicted octanol–water partition coefficient (Wildman–Crippen LogP) is 10.8. The predicted molar refractivity (Wildman–Crippen MR) is 190 cm³/mol. The van der Waals surface area contributed by atoms with Gasteiger partial charge in [-0.25, -0.2) is 9.97 Å². The van der Waals surface area contributed by atoms with Crippen LogP contribution in [0.2, 0.25) is 0 Å². The third kappa shape index (κ3) is 4.84. The highest BCUT2D eigenvalue weighted by Gasteiger charge is 2.19. The molecule has 48 heavy (non-hydrogen) atoms. The zero-order chi connectivity index (χ0) is 31.9. The Labute approximate surface area is 276 Å². The van der Waals surface area contributed by atoms with E-state index < -0.39 is 0 Å². The summed E-state index contributed by atoms with van der Waals surface area (Å²) in [5.74, 6) is 1.08. The number of pyridine rings is 2. The molecule has 0 saturated carbocycles. The van der Waals surface area contributed by atoms with Crippen molar-refractivity contribution in [3.8, 4) is 67.7 Å². The van der Waals surface area contributed by atoms with Crippen LogP contribution in [0.4, 0.5) is 0 Å². The first kappa shape index (κ1) is 27.6. The van der Waals surface area contributed by atoms with E-state index in [4.69, 9.17) is 18.8 Å². The van der Waals surface area contributed by atoms with Gasteiger partial charge in [0.15, 0.2) is 0 Å². The molecule has 5 aromatic carbocycles. The Bertz CT molecular complexity index is 2510. The summed E-state index contributed by atoms with van der Waals surface area (Å²) in [6.45, 7) is 0. The van der Waals surface area contributed by atoms with Crippen molar-refractivity contribution in [1.82, 2.24) is 19.9 Å². The Morgan fingerprint density at radius 2 is 0.812 bits per heavy atom. The second-order valence-electron chi connectivity index (χ2n) is 11.5. The van der Waals surface area contributed by atoms with Crippen molar-refractivity contribution in [2.75, 3.05) is 0 Å². The van der Waals surface area contributed by atoms with E-state index in [0.717, 1.165) is 66.3 Å². The van der Waals surface area contributed by atoms with Gasteiger partial charge in [-0.2, -0.15) is 0 Å². The fraction of sp³-hybridized carbons (Fsp3) is 0. The largest absolute Gasteiger partial charge is 0.444 e. The highest BCUT2D eigenvalue weighted by molar-refractivity contribution is 6.21. The molecule has 0 aliphatic carbocycles. The minimum absolute atomic E-state index is 0.541. The van der Waals surface area contributed by atoms with Crippen LogP contribution < -0.4 is 0 Å². The van der Waals surface area contributed by atoms with Crippen molar-refractivity contribution in [1.29, 1.82) is 0 Å².